The summed E-state index contributed by atoms with van der Waals surface area (Å²) in [5.74, 6) is 0. The van der Waals surface area contributed by atoms with Crippen LogP contribution < -0.4 is 0 Å². The molecule has 0 aliphatic carbocycles. The molecule has 1 aromatic rings. The number of ether oxygens (including phenoxy) is 1. The molecule has 0 aliphatic rings. The maximum absolute atomic E-state index is 5.90. The van der Waals surface area contributed by atoms with Crippen molar-refractivity contribution < 1.29 is 4.74 Å². The predicted molar refractivity (Wildman–Crippen MR) is 91.4 cm³/mol. The Balaban J connectivity index is 2.76. The minimum absolute atomic E-state index is 0.300. The van der Waals surface area contributed by atoms with E-state index in [2.05, 4.69) is 65.2 Å². The van der Waals surface area contributed by atoms with Crippen molar-refractivity contribution in [1.82, 2.24) is 0 Å². The molecule has 0 radical (unpaired) electrons. The van der Waals surface area contributed by atoms with Crippen molar-refractivity contribution in [2.75, 3.05) is 6.61 Å². The van der Waals surface area contributed by atoms with Crippen molar-refractivity contribution in [3.63, 3.8) is 0 Å². The molecular weight excluding hydrogens is 338 g/mol. The van der Waals surface area contributed by atoms with Crippen molar-refractivity contribution in [1.29, 1.82) is 0 Å². The Bertz CT molecular complexity index is 484. The third-order valence-corrected chi connectivity index (χ3v) is 7.67. The van der Waals surface area contributed by atoms with Crippen LogP contribution in [0.25, 0.3) is 0 Å². The zero-order chi connectivity index (χ0) is 14.5. The highest BCUT2D eigenvalue weighted by Crippen LogP contribution is 2.31. The Morgan fingerprint density at radius 2 is 2.11 bits per heavy atom. The topological polar surface area (TPSA) is 21.6 Å². The van der Waals surface area contributed by atoms with Crippen LogP contribution in [0, 0.1) is 0 Å². The molecule has 0 spiro atoms. The minimum Gasteiger partial charge on any atom is -0.376 e. The summed E-state index contributed by atoms with van der Waals surface area (Å²) in [5, 5.41) is 2.72. The van der Waals surface area contributed by atoms with Crippen LogP contribution in [0.1, 0.15) is 19.4 Å². The third kappa shape index (κ3) is 4.93. The average Bonchev–Trinajstić information content (AvgIpc) is 2.32. The Labute approximate surface area is 131 Å². The first-order valence-corrected chi connectivity index (χ1v) is 10.4. The van der Waals surface area contributed by atoms with Gasteiger partial charge in [0.05, 0.1) is 17.5 Å². The molecule has 0 saturated carbocycles. The van der Waals surface area contributed by atoms with E-state index >= 15 is 0 Å². The van der Waals surface area contributed by atoms with Crippen molar-refractivity contribution in [2.24, 2.45) is 4.99 Å². The standard InChI is InChI=1S/C14H20BrNOSSi/c1-14(2,19(3)4)9-17-8-11-12(15)6-5-7-13(11)16-10-18/h5-7,19H,8-9H2,1-4H3. The highest BCUT2D eigenvalue weighted by molar-refractivity contribution is 9.10. The molecule has 19 heavy (non-hydrogen) atoms. The molecule has 0 amide bonds. The van der Waals surface area contributed by atoms with Gasteiger partial charge in [0.1, 0.15) is 0 Å². The number of hydrogen-bond acceptors (Lipinski definition) is 3. The number of aliphatic imine (C=N–C) groups is 1. The van der Waals surface area contributed by atoms with E-state index in [0.29, 0.717) is 11.6 Å². The molecule has 5 heteroatoms. The minimum atomic E-state index is -0.732. The van der Waals surface area contributed by atoms with Gasteiger partial charge in [-0.1, -0.05) is 48.9 Å². The molecule has 0 unspecified atom stereocenters. The largest absolute Gasteiger partial charge is 0.376 e. The zero-order valence-electron chi connectivity index (χ0n) is 11.9. The lowest BCUT2D eigenvalue weighted by atomic mass is 10.2. The quantitative estimate of drug-likeness (QED) is 0.407. The van der Waals surface area contributed by atoms with Gasteiger partial charge in [-0.05, 0) is 29.4 Å². The molecule has 0 saturated heterocycles. The molecule has 1 rings (SSSR count). The summed E-state index contributed by atoms with van der Waals surface area (Å²) in [7, 11) is -0.732. The van der Waals surface area contributed by atoms with Crippen molar-refractivity contribution in [2.45, 2.75) is 38.6 Å². The molecule has 0 aromatic heterocycles. The number of hydrogen-bond donors (Lipinski definition) is 0. The monoisotopic (exact) mass is 357 g/mol. The lowest BCUT2D eigenvalue weighted by Crippen LogP contribution is -2.26. The molecule has 1 aromatic carbocycles. The van der Waals surface area contributed by atoms with E-state index in [1.807, 2.05) is 18.2 Å². The van der Waals surface area contributed by atoms with Crippen LogP contribution in [-0.2, 0) is 11.3 Å². The van der Waals surface area contributed by atoms with E-state index < -0.39 is 8.80 Å². The van der Waals surface area contributed by atoms with Gasteiger partial charge in [0.2, 0.25) is 0 Å². The van der Waals surface area contributed by atoms with E-state index in [0.717, 1.165) is 22.3 Å². The molecule has 0 bridgehead atoms. The van der Waals surface area contributed by atoms with E-state index in [-0.39, 0.29) is 0 Å². The first-order chi connectivity index (χ1) is 8.88. The van der Waals surface area contributed by atoms with Gasteiger partial charge >= 0.3 is 0 Å². The highest BCUT2D eigenvalue weighted by Gasteiger charge is 2.23. The van der Waals surface area contributed by atoms with Crippen LogP contribution in [0.2, 0.25) is 18.1 Å². The van der Waals surface area contributed by atoms with Gasteiger partial charge in [0.25, 0.3) is 0 Å². The van der Waals surface area contributed by atoms with E-state index in [1.54, 1.807) is 0 Å². The molecule has 0 fully saturated rings. The Morgan fingerprint density at radius 3 is 2.68 bits per heavy atom. The van der Waals surface area contributed by atoms with Gasteiger partial charge in [-0.2, -0.15) is 4.99 Å². The number of thiocarbonyl (C=S) groups is 1. The lowest BCUT2D eigenvalue weighted by Gasteiger charge is -2.28. The van der Waals surface area contributed by atoms with E-state index in [1.165, 1.54) is 0 Å². The van der Waals surface area contributed by atoms with Crippen LogP contribution in [0.4, 0.5) is 5.69 Å². The number of isothiocyanates is 1. The zero-order valence-corrected chi connectivity index (χ0v) is 15.4. The second-order valence-corrected chi connectivity index (χ2v) is 10.5. The molecule has 0 aliphatic heterocycles. The van der Waals surface area contributed by atoms with Gasteiger partial charge < -0.3 is 4.74 Å². The fourth-order valence-electron chi connectivity index (χ4n) is 1.43. The molecule has 2 nitrogen and oxygen atoms in total. The van der Waals surface area contributed by atoms with Crippen LogP contribution >= 0.6 is 28.1 Å². The molecule has 0 atom stereocenters. The Kier molecular flexibility index (Phi) is 6.57. The molecular formula is C14H20BrNOSSi. The SMILES string of the molecule is C[SiH](C)C(C)(C)COCc1c(Br)cccc1N=C=S. The summed E-state index contributed by atoms with van der Waals surface area (Å²) >= 11 is 8.21. The summed E-state index contributed by atoms with van der Waals surface area (Å²) in [5.41, 5.74) is 1.85. The molecule has 0 heterocycles. The summed E-state index contributed by atoms with van der Waals surface area (Å²) in [6.45, 7) is 10.6. The Morgan fingerprint density at radius 1 is 1.42 bits per heavy atom. The highest BCUT2D eigenvalue weighted by atomic mass is 79.9. The first kappa shape index (κ1) is 16.7. The van der Waals surface area contributed by atoms with Gasteiger partial charge in [0.15, 0.2) is 0 Å². The fraction of sp³-hybridized carbons (Fsp3) is 0.500. The second kappa shape index (κ2) is 7.46. The van der Waals surface area contributed by atoms with Crippen molar-refractivity contribution >= 4 is 47.8 Å². The predicted octanol–water partition coefficient (Wildman–Crippen LogP) is 4.97. The van der Waals surface area contributed by atoms with Crippen LogP contribution in [0.3, 0.4) is 0 Å². The van der Waals surface area contributed by atoms with E-state index in [9.17, 15) is 0 Å². The normalized spacial score (nSPS) is 11.5. The van der Waals surface area contributed by atoms with Crippen LogP contribution in [0.5, 0.6) is 0 Å². The first-order valence-electron chi connectivity index (χ1n) is 6.31. The maximum Gasteiger partial charge on any atom is 0.0806 e. The number of halogens is 1. The fourth-order valence-corrected chi connectivity index (χ4v) is 2.45. The van der Waals surface area contributed by atoms with E-state index in [4.69, 9.17) is 4.74 Å². The number of nitrogens with zero attached hydrogens (tertiary/aromatic N) is 1. The summed E-state index contributed by atoms with van der Waals surface area (Å²) < 4.78 is 6.90. The summed E-state index contributed by atoms with van der Waals surface area (Å²) in [6, 6.07) is 5.85. The number of rotatable bonds is 6. The second-order valence-electron chi connectivity index (χ2n) is 5.58. The molecule has 104 valence electrons. The van der Waals surface area contributed by atoms with Gasteiger partial charge in [-0.25, -0.2) is 0 Å². The lowest BCUT2D eigenvalue weighted by molar-refractivity contribution is 0.101. The third-order valence-electron chi connectivity index (χ3n) is 3.54. The summed E-state index contributed by atoms with van der Waals surface area (Å²) in [6.07, 6.45) is 0. The van der Waals surface area contributed by atoms with Crippen molar-refractivity contribution in [3.05, 3.63) is 28.2 Å². The number of benzene rings is 1. The maximum atomic E-state index is 5.90. The van der Waals surface area contributed by atoms with Gasteiger partial charge in [0, 0.05) is 25.4 Å². The van der Waals surface area contributed by atoms with Crippen LogP contribution in [-0.4, -0.2) is 20.6 Å². The Hall–Kier alpha value is -0.323. The summed E-state index contributed by atoms with van der Waals surface area (Å²) in [4.78, 5) is 4.08. The average molecular weight is 358 g/mol. The van der Waals surface area contributed by atoms with Gasteiger partial charge in [-0.3, -0.25) is 0 Å². The van der Waals surface area contributed by atoms with Gasteiger partial charge in [-0.15, -0.1) is 0 Å². The van der Waals surface area contributed by atoms with Crippen LogP contribution in [0.15, 0.2) is 27.7 Å². The van der Waals surface area contributed by atoms with Crippen molar-refractivity contribution in [3.8, 4) is 0 Å². The smallest absolute Gasteiger partial charge is 0.0806 e. The molecule has 0 N–H and O–H groups in total.